The van der Waals surface area contributed by atoms with Gasteiger partial charge in [-0.05, 0) is 12.5 Å². The number of aryl methyl sites for hydroxylation is 1. The molecule has 0 unspecified atom stereocenters. The van der Waals surface area contributed by atoms with Crippen molar-refractivity contribution >= 4 is 23.1 Å². The normalized spacial score (nSPS) is 11.7. The monoisotopic (exact) mass is 373 g/mol. The third kappa shape index (κ3) is 3.67. The predicted octanol–water partition coefficient (Wildman–Crippen LogP) is 2.33. The number of amides is 1. The van der Waals surface area contributed by atoms with Crippen molar-refractivity contribution in [2.75, 3.05) is 0 Å². The van der Waals surface area contributed by atoms with Crippen LogP contribution in [0.1, 0.15) is 41.4 Å². The predicted molar refractivity (Wildman–Crippen MR) is 93.9 cm³/mol. The lowest BCUT2D eigenvalue weighted by molar-refractivity contribution is -0.117. The maximum absolute atomic E-state index is 13.8. The van der Waals surface area contributed by atoms with E-state index < -0.39 is 17.7 Å². The maximum atomic E-state index is 13.8. The summed E-state index contributed by atoms with van der Waals surface area (Å²) in [7, 11) is 0. The van der Waals surface area contributed by atoms with Gasteiger partial charge in [-0.1, -0.05) is 6.92 Å². The van der Waals surface area contributed by atoms with E-state index in [0.717, 1.165) is 6.92 Å². The standard InChI is InChI=1S/C18H17F2N5O2/c1-3-11-6-16(24-17(23-11)18(2,19)20)25-8-10(9-26)13-7-22-12(4-14(13)25)5-15(21)27/h4,6-9H,3,5H2,1-2H3,(H2,21,27). The molecule has 0 bridgehead atoms. The van der Waals surface area contributed by atoms with Crippen molar-refractivity contribution in [3.63, 3.8) is 0 Å². The summed E-state index contributed by atoms with van der Waals surface area (Å²) in [5, 5.41) is 0.514. The molecule has 3 aromatic rings. The van der Waals surface area contributed by atoms with Crippen LogP contribution >= 0.6 is 0 Å². The molecule has 3 aromatic heterocycles. The van der Waals surface area contributed by atoms with E-state index in [2.05, 4.69) is 15.0 Å². The highest BCUT2D eigenvalue weighted by molar-refractivity contribution is 5.98. The van der Waals surface area contributed by atoms with Crippen molar-refractivity contribution in [3.8, 4) is 5.82 Å². The summed E-state index contributed by atoms with van der Waals surface area (Å²) in [6.45, 7) is 2.52. The van der Waals surface area contributed by atoms with Crippen molar-refractivity contribution in [1.82, 2.24) is 19.5 Å². The number of nitrogens with zero attached hydrogens (tertiary/aromatic N) is 4. The van der Waals surface area contributed by atoms with Crippen LogP contribution in [0.5, 0.6) is 0 Å². The highest BCUT2D eigenvalue weighted by atomic mass is 19.3. The number of primary amides is 1. The summed E-state index contributed by atoms with van der Waals surface area (Å²) in [4.78, 5) is 34.6. The van der Waals surface area contributed by atoms with Crippen LogP contribution in [0.2, 0.25) is 0 Å². The Morgan fingerprint density at radius 3 is 2.63 bits per heavy atom. The van der Waals surface area contributed by atoms with E-state index in [1.165, 1.54) is 17.0 Å². The summed E-state index contributed by atoms with van der Waals surface area (Å²) in [6, 6.07) is 3.17. The first-order chi connectivity index (χ1) is 12.7. The molecule has 0 saturated heterocycles. The lowest BCUT2D eigenvalue weighted by Gasteiger charge is -2.13. The third-order valence-corrected chi connectivity index (χ3v) is 4.03. The average Bonchev–Trinajstić information content (AvgIpc) is 2.98. The van der Waals surface area contributed by atoms with Crippen molar-refractivity contribution in [2.45, 2.75) is 32.6 Å². The highest BCUT2D eigenvalue weighted by Gasteiger charge is 2.29. The molecule has 0 aliphatic heterocycles. The van der Waals surface area contributed by atoms with Gasteiger partial charge in [0, 0.05) is 42.0 Å². The van der Waals surface area contributed by atoms with Crippen LogP contribution < -0.4 is 5.73 Å². The molecule has 27 heavy (non-hydrogen) atoms. The molecule has 9 heteroatoms. The zero-order valence-electron chi connectivity index (χ0n) is 14.7. The van der Waals surface area contributed by atoms with E-state index in [-0.39, 0.29) is 12.2 Å². The molecule has 3 heterocycles. The van der Waals surface area contributed by atoms with Crippen LogP contribution in [0.4, 0.5) is 8.78 Å². The molecule has 140 valence electrons. The van der Waals surface area contributed by atoms with Gasteiger partial charge in [-0.3, -0.25) is 14.6 Å². The third-order valence-electron chi connectivity index (χ3n) is 4.03. The van der Waals surface area contributed by atoms with Gasteiger partial charge in [-0.25, -0.2) is 9.97 Å². The fraction of sp³-hybridized carbons (Fsp3) is 0.278. The number of halogens is 2. The van der Waals surface area contributed by atoms with Crippen LogP contribution in [-0.4, -0.2) is 31.7 Å². The Labute approximate surface area is 153 Å². The second-order valence-corrected chi connectivity index (χ2v) is 6.19. The highest BCUT2D eigenvalue weighted by Crippen LogP contribution is 2.28. The second-order valence-electron chi connectivity index (χ2n) is 6.19. The Kier molecular flexibility index (Phi) is 4.69. The fourth-order valence-electron chi connectivity index (χ4n) is 2.73. The smallest absolute Gasteiger partial charge is 0.303 e. The number of fused-ring (bicyclic) bond motifs is 1. The molecular formula is C18H17F2N5O2. The number of nitrogens with two attached hydrogens (primary N) is 1. The molecule has 0 radical (unpaired) electrons. The van der Waals surface area contributed by atoms with E-state index in [1.807, 2.05) is 0 Å². The fourth-order valence-corrected chi connectivity index (χ4v) is 2.73. The Balaban J connectivity index is 2.27. The van der Waals surface area contributed by atoms with E-state index in [0.29, 0.717) is 40.6 Å². The van der Waals surface area contributed by atoms with Crippen LogP contribution in [0.15, 0.2) is 24.5 Å². The van der Waals surface area contributed by atoms with Gasteiger partial charge in [-0.15, -0.1) is 0 Å². The van der Waals surface area contributed by atoms with E-state index in [4.69, 9.17) is 5.73 Å². The zero-order chi connectivity index (χ0) is 19.8. The summed E-state index contributed by atoms with van der Waals surface area (Å²) in [6.07, 6.45) is 3.94. The maximum Gasteiger partial charge on any atom is 0.303 e. The van der Waals surface area contributed by atoms with Gasteiger partial charge in [0.15, 0.2) is 6.29 Å². The molecule has 0 aromatic carbocycles. The van der Waals surface area contributed by atoms with Crippen molar-refractivity contribution in [2.24, 2.45) is 5.73 Å². The molecule has 3 rings (SSSR count). The number of hydrogen-bond acceptors (Lipinski definition) is 5. The van der Waals surface area contributed by atoms with E-state index in [9.17, 15) is 18.4 Å². The Morgan fingerprint density at radius 2 is 2.04 bits per heavy atom. The molecule has 0 aliphatic rings. The van der Waals surface area contributed by atoms with E-state index in [1.54, 1.807) is 19.1 Å². The average molecular weight is 373 g/mol. The summed E-state index contributed by atoms with van der Waals surface area (Å²) in [5.74, 6) is -4.17. The topological polar surface area (TPSA) is 104 Å². The number of rotatable bonds is 6. The van der Waals surface area contributed by atoms with Crippen LogP contribution in [0, 0.1) is 0 Å². The summed E-state index contributed by atoms with van der Waals surface area (Å²) >= 11 is 0. The van der Waals surface area contributed by atoms with Gasteiger partial charge in [0.1, 0.15) is 5.82 Å². The molecule has 0 atom stereocenters. The largest absolute Gasteiger partial charge is 0.369 e. The lowest BCUT2D eigenvalue weighted by Crippen LogP contribution is -2.16. The molecule has 0 aliphatic carbocycles. The zero-order valence-corrected chi connectivity index (χ0v) is 14.7. The summed E-state index contributed by atoms with van der Waals surface area (Å²) < 4.78 is 29.1. The first-order valence-electron chi connectivity index (χ1n) is 8.23. The van der Waals surface area contributed by atoms with Crippen LogP contribution in [-0.2, 0) is 23.6 Å². The Morgan fingerprint density at radius 1 is 1.30 bits per heavy atom. The van der Waals surface area contributed by atoms with Crippen LogP contribution in [0.3, 0.4) is 0 Å². The molecule has 0 spiro atoms. The van der Waals surface area contributed by atoms with Gasteiger partial charge >= 0.3 is 5.92 Å². The molecule has 1 amide bonds. The second kappa shape index (κ2) is 6.82. The Hall–Kier alpha value is -3.23. The number of carbonyl (C=O) groups excluding carboxylic acids is 2. The van der Waals surface area contributed by atoms with E-state index >= 15 is 0 Å². The Bertz CT molecular complexity index is 1040. The minimum absolute atomic E-state index is 0.0835. The van der Waals surface area contributed by atoms with Gasteiger partial charge < -0.3 is 10.3 Å². The van der Waals surface area contributed by atoms with Gasteiger partial charge in [0.05, 0.1) is 17.6 Å². The molecular weight excluding hydrogens is 356 g/mol. The van der Waals surface area contributed by atoms with Gasteiger partial charge in [-0.2, -0.15) is 8.78 Å². The quantitative estimate of drug-likeness (QED) is 0.668. The minimum Gasteiger partial charge on any atom is -0.369 e. The number of alkyl halides is 2. The number of aldehydes is 1. The van der Waals surface area contributed by atoms with Crippen molar-refractivity contribution in [3.05, 3.63) is 47.3 Å². The van der Waals surface area contributed by atoms with Crippen molar-refractivity contribution in [1.29, 1.82) is 0 Å². The first kappa shape index (κ1) is 18.6. The first-order valence-corrected chi connectivity index (χ1v) is 8.23. The SMILES string of the molecule is CCc1cc(-n2cc(C=O)c3cnc(CC(N)=O)cc32)nc(C(C)(F)F)n1. The lowest BCUT2D eigenvalue weighted by atomic mass is 10.2. The van der Waals surface area contributed by atoms with Gasteiger partial charge in [0.25, 0.3) is 0 Å². The van der Waals surface area contributed by atoms with Crippen LogP contribution in [0.25, 0.3) is 16.7 Å². The molecule has 7 nitrogen and oxygen atoms in total. The molecule has 0 saturated carbocycles. The summed E-state index contributed by atoms with van der Waals surface area (Å²) in [5.41, 5.74) is 6.88. The molecule has 0 fully saturated rings. The van der Waals surface area contributed by atoms with Gasteiger partial charge in [0.2, 0.25) is 11.7 Å². The molecule has 2 N–H and O–H groups in total. The minimum atomic E-state index is -3.21. The number of pyridine rings is 1. The number of hydrogen-bond donors (Lipinski definition) is 1. The van der Waals surface area contributed by atoms with Crippen molar-refractivity contribution < 1.29 is 18.4 Å². The number of carbonyl (C=O) groups is 2. The number of aromatic nitrogens is 4.